The van der Waals surface area contributed by atoms with Crippen LogP contribution in [0.1, 0.15) is 41.3 Å². The summed E-state index contributed by atoms with van der Waals surface area (Å²) in [6.45, 7) is 6.21. The summed E-state index contributed by atoms with van der Waals surface area (Å²) in [4.78, 5) is 18.8. The molecule has 0 N–H and O–H groups in total. The molecule has 1 saturated heterocycles. The zero-order chi connectivity index (χ0) is 17.8. The fourth-order valence-electron chi connectivity index (χ4n) is 3.01. The number of piperidine rings is 1. The second-order valence-corrected chi connectivity index (χ2v) is 7.19. The first-order chi connectivity index (χ1) is 12.0. The number of likely N-dealkylation sites (tertiary alicyclic amines) is 1. The van der Waals surface area contributed by atoms with Gasteiger partial charge in [-0.25, -0.2) is 0 Å². The lowest BCUT2D eigenvalue weighted by atomic mass is 9.99. The number of carbonyl (C=O) groups is 1. The molecule has 2 heterocycles. The van der Waals surface area contributed by atoms with Gasteiger partial charge < -0.3 is 9.64 Å². The second-order valence-electron chi connectivity index (χ2n) is 6.76. The Bertz CT molecular complexity index is 755. The zero-order valence-corrected chi connectivity index (χ0v) is 15.4. The van der Waals surface area contributed by atoms with E-state index < -0.39 is 0 Å². The number of aryl methyl sites for hydroxylation is 1. The van der Waals surface area contributed by atoms with E-state index in [0.717, 1.165) is 42.8 Å². The van der Waals surface area contributed by atoms with E-state index in [-0.39, 0.29) is 5.91 Å². The predicted molar refractivity (Wildman–Crippen MR) is 99.1 cm³/mol. The minimum absolute atomic E-state index is 0.0592. The van der Waals surface area contributed by atoms with Crippen molar-refractivity contribution in [3.8, 4) is 5.75 Å². The molecule has 0 spiro atoms. The zero-order valence-electron chi connectivity index (χ0n) is 14.7. The van der Waals surface area contributed by atoms with Gasteiger partial charge in [0.05, 0.1) is 5.56 Å². The van der Waals surface area contributed by atoms with Gasteiger partial charge in [0.25, 0.3) is 5.91 Å². The number of rotatable bonds is 4. The Morgan fingerprint density at radius 2 is 2.04 bits per heavy atom. The molecule has 2 aromatic rings. The Morgan fingerprint density at radius 3 is 2.76 bits per heavy atom. The molecule has 132 valence electrons. The lowest BCUT2D eigenvalue weighted by Gasteiger charge is -2.30. The molecule has 1 aliphatic heterocycles. The molecule has 5 heteroatoms. The topological polar surface area (TPSA) is 42.4 Å². The molecule has 0 radical (unpaired) electrons. The molecule has 0 saturated carbocycles. The van der Waals surface area contributed by atoms with Gasteiger partial charge in [-0.15, -0.1) is 0 Å². The highest BCUT2D eigenvalue weighted by molar-refractivity contribution is 6.30. The van der Waals surface area contributed by atoms with E-state index in [2.05, 4.69) is 11.9 Å². The van der Waals surface area contributed by atoms with Crippen LogP contribution in [0.5, 0.6) is 5.75 Å². The molecule has 0 atom stereocenters. The number of carbonyl (C=O) groups excluding carboxylic acids is 1. The number of ether oxygens (including phenoxy) is 1. The molecule has 4 nitrogen and oxygen atoms in total. The molecule has 0 unspecified atom stereocenters. The summed E-state index contributed by atoms with van der Waals surface area (Å²) < 4.78 is 5.85. The maximum absolute atomic E-state index is 12.7. The van der Waals surface area contributed by atoms with Crippen LogP contribution in [0.4, 0.5) is 0 Å². The van der Waals surface area contributed by atoms with Gasteiger partial charge in [0.15, 0.2) is 0 Å². The summed E-state index contributed by atoms with van der Waals surface area (Å²) in [5.74, 6) is 1.54. The van der Waals surface area contributed by atoms with Crippen LogP contribution in [0.15, 0.2) is 36.7 Å². The third-order valence-electron chi connectivity index (χ3n) is 4.64. The first-order valence-electron chi connectivity index (χ1n) is 8.65. The van der Waals surface area contributed by atoms with Crippen molar-refractivity contribution in [3.05, 3.63) is 58.4 Å². The smallest absolute Gasteiger partial charge is 0.255 e. The third kappa shape index (κ3) is 4.51. The quantitative estimate of drug-likeness (QED) is 0.808. The van der Waals surface area contributed by atoms with Crippen molar-refractivity contribution < 1.29 is 9.53 Å². The molecular formula is C20H23ClN2O2. The van der Waals surface area contributed by atoms with E-state index in [1.54, 1.807) is 18.5 Å². The molecule has 0 bridgehead atoms. The average Bonchev–Trinajstić information content (AvgIpc) is 2.61. The summed E-state index contributed by atoms with van der Waals surface area (Å²) >= 11 is 5.96. The Labute approximate surface area is 153 Å². The minimum atomic E-state index is 0.0592. The number of hydrogen-bond donors (Lipinski definition) is 0. The molecule has 1 aromatic carbocycles. The monoisotopic (exact) mass is 358 g/mol. The molecule has 1 fully saturated rings. The van der Waals surface area contributed by atoms with Crippen molar-refractivity contribution in [1.82, 2.24) is 9.88 Å². The van der Waals surface area contributed by atoms with Crippen molar-refractivity contribution >= 4 is 17.5 Å². The van der Waals surface area contributed by atoms with Gasteiger partial charge in [-0.3, -0.25) is 9.78 Å². The highest BCUT2D eigenvalue weighted by atomic mass is 35.5. The summed E-state index contributed by atoms with van der Waals surface area (Å²) in [7, 11) is 0. The second kappa shape index (κ2) is 7.87. The van der Waals surface area contributed by atoms with Crippen LogP contribution in [-0.2, 0) is 6.61 Å². The van der Waals surface area contributed by atoms with Crippen LogP contribution < -0.4 is 4.74 Å². The van der Waals surface area contributed by atoms with Crippen molar-refractivity contribution in [1.29, 1.82) is 0 Å². The number of pyridine rings is 1. The number of hydrogen-bond acceptors (Lipinski definition) is 3. The van der Waals surface area contributed by atoms with Crippen LogP contribution >= 0.6 is 11.6 Å². The Kier molecular flexibility index (Phi) is 5.59. The summed E-state index contributed by atoms with van der Waals surface area (Å²) in [6, 6.07) is 7.40. The molecule has 0 aliphatic carbocycles. The van der Waals surface area contributed by atoms with Crippen molar-refractivity contribution in [2.75, 3.05) is 13.1 Å². The van der Waals surface area contributed by atoms with E-state index >= 15 is 0 Å². The largest absolute Gasteiger partial charge is 0.489 e. The highest BCUT2D eigenvalue weighted by Crippen LogP contribution is 2.23. The molecule has 1 aliphatic rings. The Morgan fingerprint density at radius 1 is 1.28 bits per heavy atom. The first kappa shape index (κ1) is 17.7. The molecular weight excluding hydrogens is 336 g/mol. The van der Waals surface area contributed by atoms with E-state index in [1.807, 2.05) is 30.0 Å². The minimum Gasteiger partial charge on any atom is -0.489 e. The summed E-state index contributed by atoms with van der Waals surface area (Å²) in [5, 5.41) is 0.690. The van der Waals surface area contributed by atoms with Gasteiger partial charge in [0, 0.05) is 36.1 Å². The SMILES string of the molecule is Cc1cc(Cl)ccc1OCc1cncc(C(=O)N2CCC(C)CC2)c1. The van der Waals surface area contributed by atoms with Crippen LogP contribution in [0.3, 0.4) is 0 Å². The fourth-order valence-corrected chi connectivity index (χ4v) is 3.24. The third-order valence-corrected chi connectivity index (χ3v) is 4.88. The van der Waals surface area contributed by atoms with E-state index in [9.17, 15) is 4.79 Å². The molecule has 3 rings (SSSR count). The Balaban J connectivity index is 1.66. The summed E-state index contributed by atoms with van der Waals surface area (Å²) in [6.07, 6.45) is 5.51. The first-order valence-corrected chi connectivity index (χ1v) is 9.03. The fraction of sp³-hybridized carbons (Fsp3) is 0.400. The number of aromatic nitrogens is 1. The number of amides is 1. The van der Waals surface area contributed by atoms with Gasteiger partial charge in [0.1, 0.15) is 12.4 Å². The van der Waals surface area contributed by atoms with Gasteiger partial charge in [-0.2, -0.15) is 0 Å². The number of halogens is 1. The number of nitrogens with zero attached hydrogens (tertiary/aromatic N) is 2. The predicted octanol–water partition coefficient (Wildman–Crippen LogP) is 4.49. The highest BCUT2D eigenvalue weighted by Gasteiger charge is 2.21. The van der Waals surface area contributed by atoms with Crippen molar-refractivity contribution in [2.24, 2.45) is 5.92 Å². The maximum atomic E-state index is 12.7. The van der Waals surface area contributed by atoms with Crippen LogP contribution in [0.2, 0.25) is 5.02 Å². The van der Waals surface area contributed by atoms with Gasteiger partial charge in [-0.1, -0.05) is 18.5 Å². The lowest BCUT2D eigenvalue weighted by Crippen LogP contribution is -2.38. The van der Waals surface area contributed by atoms with Crippen molar-refractivity contribution in [2.45, 2.75) is 33.3 Å². The van der Waals surface area contributed by atoms with Gasteiger partial charge in [-0.05, 0) is 55.5 Å². The molecule has 1 aromatic heterocycles. The van der Waals surface area contributed by atoms with Crippen molar-refractivity contribution in [3.63, 3.8) is 0 Å². The maximum Gasteiger partial charge on any atom is 0.255 e. The van der Waals surface area contributed by atoms with Gasteiger partial charge in [0.2, 0.25) is 0 Å². The van der Waals surface area contributed by atoms with Gasteiger partial charge >= 0.3 is 0 Å². The number of benzene rings is 1. The molecule has 25 heavy (non-hydrogen) atoms. The average molecular weight is 359 g/mol. The molecule has 1 amide bonds. The van der Waals surface area contributed by atoms with E-state index in [4.69, 9.17) is 16.3 Å². The van der Waals surface area contributed by atoms with Crippen LogP contribution in [-0.4, -0.2) is 28.9 Å². The normalized spacial score (nSPS) is 15.2. The van der Waals surface area contributed by atoms with E-state index in [0.29, 0.717) is 23.1 Å². The van der Waals surface area contributed by atoms with Crippen LogP contribution in [0, 0.1) is 12.8 Å². The summed E-state index contributed by atoms with van der Waals surface area (Å²) in [5.41, 5.74) is 2.49. The Hall–Kier alpha value is -2.07. The van der Waals surface area contributed by atoms with E-state index in [1.165, 1.54) is 0 Å². The van der Waals surface area contributed by atoms with Crippen LogP contribution in [0.25, 0.3) is 0 Å². The lowest BCUT2D eigenvalue weighted by molar-refractivity contribution is 0.0696. The standard InChI is InChI=1S/C20H23ClN2O2/c1-14-5-7-23(8-6-14)20(24)17-10-16(11-22-12-17)13-25-19-4-3-18(21)9-15(19)2/h3-4,9-12,14H,5-8,13H2,1-2H3.